The van der Waals surface area contributed by atoms with E-state index in [1.54, 1.807) is 6.92 Å². The van der Waals surface area contributed by atoms with E-state index in [-0.39, 0.29) is 12.5 Å². The van der Waals surface area contributed by atoms with Crippen LogP contribution in [0.25, 0.3) is 10.9 Å². The lowest BCUT2D eigenvalue weighted by Gasteiger charge is -2.02. The summed E-state index contributed by atoms with van der Waals surface area (Å²) >= 11 is 0. The van der Waals surface area contributed by atoms with E-state index in [1.807, 2.05) is 18.2 Å². The molecule has 0 bridgehead atoms. The molecule has 2 aromatic rings. The predicted molar refractivity (Wildman–Crippen MR) is 66.6 cm³/mol. The molecule has 0 fully saturated rings. The van der Waals surface area contributed by atoms with Crippen molar-refractivity contribution in [2.75, 3.05) is 13.2 Å². The van der Waals surface area contributed by atoms with Gasteiger partial charge in [0.25, 0.3) is 0 Å². The van der Waals surface area contributed by atoms with Crippen LogP contribution in [0.4, 0.5) is 0 Å². The molecular weight excluding hydrogens is 216 g/mol. The minimum atomic E-state index is -0.219. The summed E-state index contributed by atoms with van der Waals surface area (Å²) in [5.41, 5.74) is 2.18. The highest BCUT2D eigenvalue weighted by molar-refractivity contribution is 5.80. The van der Waals surface area contributed by atoms with E-state index in [1.165, 1.54) is 5.39 Å². The third kappa shape index (κ3) is 3.07. The van der Waals surface area contributed by atoms with Gasteiger partial charge in [0.2, 0.25) is 0 Å². The molecule has 0 aliphatic rings. The SMILES string of the molecule is CCOC(=O)CNCc1cc2ccccc2[nH]1. The Balaban J connectivity index is 1.89. The van der Waals surface area contributed by atoms with E-state index in [4.69, 9.17) is 4.74 Å². The lowest BCUT2D eigenvalue weighted by atomic mass is 10.2. The van der Waals surface area contributed by atoms with Crippen molar-refractivity contribution in [2.45, 2.75) is 13.5 Å². The van der Waals surface area contributed by atoms with Crippen molar-refractivity contribution in [1.82, 2.24) is 10.3 Å². The summed E-state index contributed by atoms with van der Waals surface area (Å²) in [5.74, 6) is -0.219. The van der Waals surface area contributed by atoms with Crippen molar-refractivity contribution in [3.63, 3.8) is 0 Å². The number of carbonyl (C=O) groups excluding carboxylic acids is 1. The zero-order valence-electron chi connectivity index (χ0n) is 9.82. The van der Waals surface area contributed by atoms with Crippen LogP contribution in [0.2, 0.25) is 0 Å². The maximum absolute atomic E-state index is 11.1. The Morgan fingerprint density at radius 2 is 2.24 bits per heavy atom. The van der Waals surface area contributed by atoms with Crippen LogP contribution in [0.15, 0.2) is 30.3 Å². The minimum Gasteiger partial charge on any atom is -0.465 e. The second-order valence-corrected chi connectivity index (χ2v) is 3.79. The predicted octanol–water partition coefficient (Wildman–Crippen LogP) is 1.82. The van der Waals surface area contributed by atoms with Gasteiger partial charge in [-0.3, -0.25) is 4.79 Å². The second-order valence-electron chi connectivity index (χ2n) is 3.79. The number of para-hydroxylation sites is 1. The average molecular weight is 232 g/mol. The summed E-state index contributed by atoms with van der Waals surface area (Å²) in [5, 5.41) is 4.22. The number of aromatic amines is 1. The molecule has 1 aromatic carbocycles. The van der Waals surface area contributed by atoms with E-state index < -0.39 is 0 Å². The number of H-pyrrole nitrogens is 1. The van der Waals surface area contributed by atoms with Gasteiger partial charge in [0.1, 0.15) is 0 Å². The van der Waals surface area contributed by atoms with E-state index in [0.717, 1.165) is 11.2 Å². The molecule has 0 aliphatic carbocycles. The van der Waals surface area contributed by atoms with Gasteiger partial charge >= 0.3 is 5.97 Å². The average Bonchev–Trinajstić information content (AvgIpc) is 2.71. The van der Waals surface area contributed by atoms with Crippen LogP contribution in [0, 0.1) is 0 Å². The molecule has 4 nitrogen and oxygen atoms in total. The van der Waals surface area contributed by atoms with Crippen molar-refractivity contribution < 1.29 is 9.53 Å². The Morgan fingerprint density at radius 3 is 3.00 bits per heavy atom. The highest BCUT2D eigenvalue weighted by Gasteiger charge is 2.02. The number of aromatic nitrogens is 1. The fourth-order valence-electron chi connectivity index (χ4n) is 1.74. The van der Waals surface area contributed by atoms with E-state index in [0.29, 0.717) is 13.2 Å². The highest BCUT2D eigenvalue weighted by Crippen LogP contribution is 2.14. The van der Waals surface area contributed by atoms with Crippen molar-refractivity contribution in [2.24, 2.45) is 0 Å². The molecule has 0 unspecified atom stereocenters. The monoisotopic (exact) mass is 232 g/mol. The van der Waals surface area contributed by atoms with Gasteiger partial charge < -0.3 is 15.0 Å². The van der Waals surface area contributed by atoms with Gasteiger partial charge in [-0.05, 0) is 24.4 Å². The number of hydrogen-bond acceptors (Lipinski definition) is 3. The fourth-order valence-corrected chi connectivity index (χ4v) is 1.74. The Kier molecular flexibility index (Phi) is 3.77. The first kappa shape index (κ1) is 11.7. The number of hydrogen-bond donors (Lipinski definition) is 2. The molecule has 0 radical (unpaired) electrons. The third-order valence-corrected chi connectivity index (χ3v) is 2.48. The number of nitrogens with one attached hydrogen (secondary N) is 2. The molecule has 1 aromatic heterocycles. The number of ether oxygens (including phenoxy) is 1. The number of esters is 1. The molecule has 17 heavy (non-hydrogen) atoms. The van der Waals surface area contributed by atoms with Gasteiger partial charge in [-0.2, -0.15) is 0 Å². The number of carbonyl (C=O) groups is 1. The Bertz CT molecular complexity index is 472. The number of benzene rings is 1. The molecule has 0 saturated heterocycles. The summed E-state index contributed by atoms with van der Waals surface area (Å²) < 4.78 is 4.83. The topological polar surface area (TPSA) is 54.1 Å². The van der Waals surface area contributed by atoms with Gasteiger partial charge in [-0.1, -0.05) is 18.2 Å². The molecule has 0 spiro atoms. The maximum Gasteiger partial charge on any atom is 0.319 e. The smallest absolute Gasteiger partial charge is 0.319 e. The number of fused-ring (bicyclic) bond motifs is 1. The van der Waals surface area contributed by atoms with Crippen molar-refractivity contribution in [3.05, 3.63) is 36.0 Å². The first-order valence-electron chi connectivity index (χ1n) is 5.72. The van der Waals surface area contributed by atoms with Gasteiger partial charge in [0.05, 0.1) is 13.2 Å². The van der Waals surface area contributed by atoms with E-state index in [9.17, 15) is 4.79 Å². The maximum atomic E-state index is 11.1. The molecule has 0 amide bonds. The first-order valence-corrected chi connectivity index (χ1v) is 5.72. The quantitative estimate of drug-likeness (QED) is 0.773. The summed E-state index contributed by atoms with van der Waals surface area (Å²) in [6.45, 7) is 3.10. The van der Waals surface area contributed by atoms with Gasteiger partial charge in [0, 0.05) is 17.8 Å². The highest BCUT2D eigenvalue weighted by atomic mass is 16.5. The third-order valence-electron chi connectivity index (χ3n) is 2.48. The minimum absolute atomic E-state index is 0.219. The van der Waals surface area contributed by atoms with Crippen LogP contribution in [-0.2, 0) is 16.1 Å². The molecule has 1 heterocycles. The van der Waals surface area contributed by atoms with Crippen molar-refractivity contribution >= 4 is 16.9 Å². The lowest BCUT2D eigenvalue weighted by Crippen LogP contribution is -2.24. The van der Waals surface area contributed by atoms with E-state index >= 15 is 0 Å². The lowest BCUT2D eigenvalue weighted by molar-refractivity contribution is -0.142. The zero-order chi connectivity index (χ0) is 12.1. The van der Waals surface area contributed by atoms with Crippen LogP contribution >= 0.6 is 0 Å². The molecule has 2 N–H and O–H groups in total. The molecule has 0 atom stereocenters. The summed E-state index contributed by atoms with van der Waals surface area (Å²) in [6.07, 6.45) is 0. The van der Waals surface area contributed by atoms with Gasteiger partial charge in [-0.25, -0.2) is 0 Å². The van der Waals surface area contributed by atoms with Crippen LogP contribution < -0.4 is 5.32 Å². The number of rotatable bonds is 5. The van der Waals surface area contributed by atoms with E-state index in [2.05, 4.69) is 22.4 Å². The molecular formula is C13H16N2O2. The molecule has 2 rings (SSSR count). The fraction of sp³-hybridized carbons (Fsp3) is 0.308. The molecule has 0 aliphatic heterocycles. The molecule has 0 saturated carbocycles. The molecule has 90 valence electrons. The van der Waals surface area contributed by atoms with Crippen LogP contribution in [-0.4, -0.2) is 24.1 Å². The largest absolute Gasteiger partial charge is 0.465 e. The first-order chi connectivity index (χ1) is 8.29. The Hall–Kier alpha value is -1.81. The molecule has 4 heteroatoms. The van der Waals surface area contributed by atoms with Crippen LogP contribution in [0.3, 0.4) is 0 Å². The summed E-state index contributed by atoms with van der Waals surface area (Å²) in [4.78, 5) is 14.4. The van der Waals surface area contributed by atoms with Gasteiger partial charge in [0.15, 0.2) is 0 Å². The standard InChI is InChI=1S/C13H16N2O2/c1-2-17-13(16)9-14-8-11-7-10-5-3-4-6-12(10)15-11/h3-7,14-15H,2,8-9H2,1H3. The summed E-state index contributed by atoms with van der Waals surface area (Å²) in [7, 11) is 0. The zero-order valence-corrected chi connectivity index (χ0v) is 9.82. The van der Waals surface area contributed by atoms with Crippen LogP contribution in [0.5, 0.6) is 0 Å². The van der Waals surface area contributed by atoms with Crippen LogP contribution in [0.1, 0.15) is 12.6 Å². The van der Waals surface area contributed by atoms with Crippen molar-refractivity contribution in [3.8, 4) is 0 Å². The van der Waals surface area contributed by atoms with Crippen molar-refractivity contribution in [1.29, 1.82) is 0 Å². The normalized spacial score (nSPS) is 10.6. The van der Waals surface area contributed by atoms with Gasteiger partial charge in [-0.15, -0.1) is 0 Å². The summed E-state index contributed by atoms with van der Waals surface area (Å²) in [6, 6.07) is 10.2. The second kappa shape index (κ2) is 5.50. The Morgan fingerprint density at radius 1 is 1.41 bits per heavy atom. The Labute approximate surface area is 100.0 Å².